The maximum Gasteiger partial charge on any atom is 0.113 e. The minimum Gasteiger partial charge on any atom is -0.249 e. The lowest BCUT2D eigenvalue weighted by molar-refractivity contribution is 0.514. The first-order chi connectivity index (χ1) is 9.50. The molecule has 0 N–H and O–H groups in total. The Bertz CT molecular complexity index is 442. The highest BCUT2D eigenvalue weighted by molar-refractivity contribution is 5.57. The first-order valence-corrected chi connectivity index (χ1v) is 7.48. The molecule has 0 fully saturated rings. The van der Waals surface area contributed by atoms with E-state index in [9.17, 15) is 0 Å². The van der Waals surface area contributed by atoms with Crippen molar-refractivity contribution in [2.45, 2.75) is 54.5 Å². The Morgan fingerprint density at radius 1 is 0.900 bits per heavy atom. The van der Waals surface area contributed by atoms with Crippen molar-refractivity contribution in [2.24, 2.45) is 5.92 Å². The molecule has 2 aromatic rings. The predicted octanol–water partition coefficient (Wildman–Crippen LogP) is 5.21. The van der Waals surface area contributed by atoms with Crippen LogP contribution in [0.5, 0.6) is 0 Å². The van der Waals surface area contributed by atoms with Crippen molar-refractivity contribution in [1.29, 1.82) is 0 Å². The standard InChI is InChI=1S/C11H13N3.C4H10.C2H6/c1-9(2)14-8-11(12-13-14)10-6-4-3-5-7-10;1-4(2)3;1-2/h3-9H,1-2H3;4H,1-3H3;1-2H3. The van der Waals surface area contributed by atoms with E-state index in [2.05, 4.69) is 44.9 Å². The van der Waals surface area contributed by atoms with Crippen LogP contribution in [0.3, 0.4) is 0 Å². The van der Waals surface area contributed by atoms with E-state index in [1.165, 1.54) is 0 Å². The highest BCUT2D eigenvalue weighted by Crippen LogP contribution is 2.16. The number of hydrogen-bond acceptors (Lipinski definition) is 2. The van der Waals surface area contributed by atoms with Crippen LogP contribution in [0, 0.1) is 5.92 Å². The smallest absolute Gasteiger partial charge is 0.113 e. The van der Waals surface area contributed by atoms with Crippen LogP contribution >= 0.6 is 0 Å². The molecule has 2 rings (SSSR count). The Morgan fingerprint density at radius 2 is 1.40 bits per heavy atom. The molecule has 0 aliphatic rings. The zero-order valence-corrected chi connectivity index (χ0v) is 14.0. The third-order valence-corrected chi connectivity index (χ3v) is 2.11. The van der Waals surface area contributed by atoms with Crippen LogP contribution in [0.4, 0.5) is 0 Å². The van der Waals surface area contributed by atoms with Gasteiger partial charge in [0.05, 0.1) is 6.20 Å². The Kier molecular flexibility index (Phi) is 9.35. The molecule has 112 valence electrons. The summed E-state index contributed by atoms with van der Waals surface area (Å²) in [5.74, 6) is 0.833. The summed E-state index contributed by atoms with van der Waals surface area (Å²) in [4.78, 5) is 0. The normalized spacial score (nSPS) is 9.65. The van der Waals surface area contributed by atoms with E-state index in [-0.39, 0.29) is 0 Å². The van der Waals surface area contributed by atoms with Crippen LogP contribution in [-0.4, -0.2) is 15.0 Å². The monoisotopic (exact) mass is 275 g/mol. The summed E-state index contributed by atoms with van der Waals surface area (Å²) in [5.41, 5.74) is 2.04. The average Bonchev–Trinajstić information content (AvgIpc) is 2.91. The van der Waals surface area contributed by atoms with Crippen LogP contribution in [0.2, 0.25) is 0 Å². The topological polar surface area (TPSA) is 30.7 Å². The van der Waals surface area contributed by atoms with Gasteiger partial charge >= 0.3 is 0 Å². The van der Waals surface area contributed by atoms with Crippen molar-refractivity contribution in [3.63, 3.8) is 0 Å². The second-order valence-electron chi connectivity index (χ2n) is 5.28. The minimum absolute atomic E-state index is 0.361. The fourth-order valence-electron chi connectivity index (χ4n) is 1.27. The average molecular weight is 275 g/mol. The lowest BCUT2D eigenvalue weighted by Crippen LogP contribution is -2.00. The molecule has 0 saturated carbocycles. The summed E-state index contributed by atoms with van der Waals surface area (Å²) in [5, 5.41) is 8.18. The van der Waals surface area contributed by atoms with Gasteiger partial charge in [0.1, 0.15) is 5.69 Å². The van der Waals surface area contributed by atoms with Gasteiger partial charge in [-0.25, -0.2) is 4.68 Å². The quantitative estimate of drug-likeness (QED) is 0.752. The van der Waals surface area contributed by atoms with Gasteiger partial charge in [-0.1, -0.05) is 70.2 Å². The number of rotatable bonds is 2. The largest absolute Gasteiger partial charge is 0.249 e. The number of hydrogen-bond donors (Lipinski definition) is 0. The molecule has 1 aromatic carbocycles. The first kappa shape index (κ1) is 18.4. The Morgan fingerprint density at radius 3 is 1.80 bits per heavy atom. The molecule has 0 radical (unpaired) electrons. The number of benzene rings is 1. The van der Waals surface area contributed by atoms with E-state index >= 15 is 0 Å². The van der Waals surface area contributed by atoms with Crippen molar-refractivity contribution in [2.75, 3.05) is 0 Å². The maximum absolute atomic E-state index is 4.12. The molecule has 1 aromatic heterocycles. The third-order valence-electron chi connectivity index (χ3n) is 2.11. The van der Waals surface area contributed by atoms with E-state index in [4.69, 9.17) is 0 Å². The van der Waals surface area contributed by atoms with Crippen LogP contribution in [0.15, 0.2) is 36.5 Å². The molecule has 0 atom stereocenters. The van der Waals surface area contributed by atoms with E-state index in [0.717, 1.165) is 17.2 Å². The van der Waals surface area contributed by atoms with Gasteiger partial charge < -0.3 is 0 Å². The Labute approximate surface area is 124 Å². The first-order valence-electron chi connectivity index (χ1n) is 7.48. The van der Waals surface area contributed by atoms with Gasteiger partial charge in [-0.3, -0.25) is 0 Å². The molecule has 3 heteroatoms. The van der Waals surface area contributed by atoms with Gasteiger partial charge in [0.25, 0.3) is 0 Å². The SMILES string of the molecule is CC.CC(C)C.CC(C)n1cc(-c2ccccc2)nn1. The minimum atomic E-state index is 0.361. The molecule has 1 heterocycles. The molecular weight excluding hydrogens is 246 g/mol. The van der Waals surface area contributed by atoms with E-state index in [1.54, 1.807) is 0 Å². The Hall–Kier alpha value is -1.64. The van der Waals surface area contributed by atoms with Gasteiger partial charge in [0.2, 0.25) is 0 Å². The summed E-state index contributed by atoms with van der Waals surface area (Å²) in [6, 6.07) is 10.4. The zero-order valence-electron chi connectivity index (χ0n) is 14.0. The summed E-state index contributed by atoms with van der Waals surface area (Å²) in [6.45, 7) is 14.7. The van der Waals surface area contributed by atoms with Crippen LogP contribution in [0.25, 0.3) is 11.3 Å². The fraction of sp³-hybridized carbons (Fsp3) is 0.529. The van der Waals surface area contributed by atoms with Gasteiger partial charge in [0, 0.05) is 11.6 Å². The zero-order chi connectivity index (χ0) is 15.5. The van der Waals surface area contributed by atoms with Gasteiger partial charge in [0.15, 0.2) is 0 Å². The number of aromatic nitrogens is 3. The molecule has 0 saturated heterocycles. The second-order valence-corrected chi connectivity index (χ2v) is 5.28. The third kappa shape index (κ3) is 7.07. The molecule has 3 nitrogen and oxygen atoms in total. The van der Waals surface area contributed by atoms with Gasteiger partial charge in [-0.2, -0.15) is 0 Å². The molecule has 0 aliphatic carbocycles. The van der Waals surface area contributed by atoms with E-state index < -0.39 is 0 Å². The van der Waals surface area contributed by atoms with Crippen molar-refractivity contribution in [3.8, 4) is 11.3 Å². The summed E-state index contributed by atoms with van der Waals surface area (Å²) in [7, 11) is 0. The highest BCUT2D eigenvalue weighted by atomic mass is 15.4. The van der Waals surface area contributed by atoms with Crippen LogP contribution in [0.1, 0.15) is 54.5 Å². The molecule has 0 aliphatic heterocycles. The molecule has 0 amide bonds. The number of nitrogens with zero attached hydrogens (tertiary/aromatic N) is 3. The van der Waals surface area contributed by atoms with Crippen molar-refractivity contribution in [3.05, 3.63) is 36.5 Å². The second kappa shape index (κ2) is 10.2. The maximum atomic E-state index is 4.12. The summed E-state index contributed by atoms with van der Waals surface area (Å²) < 4.78 is 1.86. The Balaban J connectivity index is 0.000000521. The summed E-state index contributed by atoms with van der Waals surface area (Å²) >= 11 is 0. The lowest BCUT2D eigenvalue weighted by atomic mass is 10.2. The predicted molar refractivity (Wildman–Crippen MR) is 87.7 cm³/mol. The van der Waals surface area contributed by atoms with E-state index in [1.807, 2.05) is 55.1 Å². The van der Waals surface area contributed by atoms with Gasteiger partial charge in [-0.05, 0) is 19.8 Å². The molecule has 0 spiro atoms. The molecular formula is C17H29N3. The summed E-state index contributed by atoms with van der Waals surface area (Å²) in [6.07, 6.45) is 1.97. The molecule has 0 unspecified atom stereocenters. The highest BCUT2D eigenvalue weighted by Gasteiger charge is 2.04. The van der Waals surface area contributed by atoms with E-state index in [0.29, 0.717) is 6.04 Å². The lowest BCUT2D eigenvalue weighted by Gasteiger charge is -2.00. The molecule has 20 heavy (non-hydrogen) atoms. The van der Waals surface area contributed by atoms with Crippen molar-refractivity contribution in [1.82, 2.24) is 15.0 Å². The van der Waals surface area contributed by atoms with Crippen LogP contribution in [-0.2, 0) is 0 Å². The van der Waals surface area contributed by atoms with Crippen molar-refractivity contribution >= 4 is 0 Å². The van der Waals surface area contributed by atoms with Crippen LogP contribution < -0.4 is 0 Å². The van der Waals surface area contributed by atoms with Gasteiger partial charge in [-0.15, -0.1) is 5.10 Å². The molecule has 0 bridgehead atoms. The van der Waals surface area contributed by atoms with Crippen molar-refractivity contribution < 1.29 is 0 Å². The fourth-order valence-corrected chi connectivity index (χ4v) is 1.27.